The van der Waals surface area contributed by atoms with Crippen LogP contribution in [0.1, 0.15) is 10.4 Å². The van der Waals surface area contributed by atoms with Gasteiger partial charge in [0.2, 0.25) is 0 Å². The number of esters is 1. The van der Waals surface area contributed by atoms with Gasteiger partial charge in [0, 0.05) is 22.6 Å². The molecule has 2 aromatic rings. The first kappa shape index (κ1) is 19.7. The Hall–Kier alpha value is -2.67. The molecular weight excluding hydrogens is 405 g/mol. The number of ketones is 1. The highest BCUT2D eigenvalue weighted by Gasteiger charge is 2.20. The lowest BCUT2D eigenvalue weighted by atomic mass is 10.0. The van der Waals surface area contributed by atoms with Crippen molar-refractivity contribution in [2.75, 3.05) is 26.1 Å². The number of benzene rings is 2. The highest BCUT2D eigenvalue weighted by atomic mass is 79.9. The summed E-state index contributed by atoms with van der Waals surface area (Å²) in [4.78, 5) is 24.5. The molecule has 0 bridgehead atoms. The molecule has 0 heterocycles. The molecule has 2 aromatic carbocycles. The first-order valence-corrected chi connectivity index (χ1v) is 8.41. The van der Waals surface area contributed by atoms with Crippen LogP contribution in [0.4, 0.5) is 10.1 Å². The largest absolute Gasteiger partial charge is 0.497 e. The molecule has 136 valence electrons. The van der Waals surface area contributed by atoms with E-state index in [1.807, 2.05) is 6.07 Å². The minimum Gasteiger partial charge on any atom is -0.497 e. The van der Waals surface area contributed by atoms with Gasteiger partial charge in [-0.15, -0.1) is 0 Å². The van der Waals surface area contributed by atoms with E-state index in [1.165, 1.54) is 25.3 Å². The van der Waals surface area contributed by atoms with Gasteiger partial charge < -0.3 is 14.8 Å². The van der Waals surface area contributed by atoms with Gasteiger partial charge in [-0.05, 0) is 58.4 Å². The van der Waals surface area contributed by atoms with Crippen molar-refractivity contribution in [3.05, 3.63) is 70.0 Å². The van der Waals surface area contributed by atoms with Crippen LogP contribution in [0.25, 0.3) is 0 Å². The molecule has 5 nitrogen and oxygen atoms in total. The van der Waals surface area contributed by atoms with Crippen LogP contribution in [0.2, 0.25) is 0 Å². The second-order valence-electron chi connectivity index (χ2n) is 5.17. The van der Waals surface area contributed by atoms with Crippen LogP contribution in [-0.4, -0.2) is 32.5 Å². The van der Waals surface area contributed by atoms with Crippen molar-refractivity contribution in [3.8, 4) is 5.75 Å². The Kier molecular flexibility index (Phi) is 6.91. The van der Waals surface area contributed by atoms with Crippen molar-refractivity contribution in [3.63, 3.8) is 0 Å². The molecule has 1 N–H and O–H groups in total. The minimum absolute atomic E-state index is 0.134. The number of hydrogen-bond donors (Lipinski definition) is 1. The zero-order valence-corrected chi connectivity index (χ0v) is 15.8. The molecule has 0 aliphatic rings. The third-order valence-corrected chi connectivity index (χ3v) is 4.22. The standard InChI is InChI=1S/C19H17BrFNO4/c1-25-14-7-8-16(20)17(11-14)22-10-9-15(19(24)26-2)18(23)12-3-5-13(21)6-4-12/h3-9,11,22H,10H2,1-2H3/b15-9-. The number of carbonyl (C=O) groups excluding carboxylic acids is 2. The second-order valence-corrected chi connectivity index (χ2v) is 6.03. The van der Waals surface area contributed by atoms with E-state index in [1.54, 1.807) is 19.2 Å². The smallest absolute Gasteiger partial charge is 0.341 e. The van der Waals surface area contributed by atoms with Gasteiger partial charge in [0.15, 0.2) is 5.78 Å². The molecule has 0 saturated carbocycles. The Labute approximate surface area is 158 Å². The Balaban J connectivity index is 2.20. The Morgan fingerprint density at radius 2 is 1.85 bits per heavy atom. The molecule has 7 heteroatoms. The SMILES string of the molecule is COC(=O)/C(=C\CNc1cc(OC)ccc1Br)C(=O)c1ccc(F)cc1. The second kappa shape index (κ2) is 9.15. The molecule has 0 spiro atoms. The molecule has 0 amide bonds. The van der Waals surface area contributed by atoms with Crippen molar-refractivity contribution >= 4 is 33.4 Å². The fourth-order valence-corrected chi connectivity index (χ4v) is 2.55. The van der Waals surface area contributed by atoms with Crippen LogP contribution in [0.15, 0.2) is 58.6 Å². The van der Waals surface area contributed by atoms with Crippen LogP contribution in [-0.2, 0) is 9.53 Å². The summed E-state index contributed by atoms with van der Waals surface area (Å²) < 4.78 is 23.7. The molecule has 0 unspecified atom stereocenters. The van der Waals surface area contributed by atoms with E-state index >= 15 is 0 Å². The molecule has 0 fully saturated rings. The molecule has 26 heavy (non-hydrogen) atoms. The van der Waals surface area contributed by atoms with E-state index < -0.39 is 17.6 Å². The summed E-state index contributed by atoms with van der Waals surface area (Å²) in [7, 11) is 2.75. The molecule has 0 aromatic heterocycles. The molecule has 0 aliphatic heterocycles. The predicted molar refractivity (Wildman–Crippen MR) is 100 cm³/mol. The number of ether oxygens (including phenoxy) is 2. The minimum atomic E-state index is -0.758. The van der Waals surface area contributed by atoms with E-state index in [-0.39, 0.29) is 17.7 Å². The van der Waals surface area contributed by atoms with E-state index in [9.17, 15) is 14.0 Å². The van der Waals surface area contributed by atoms with Crippen LogP contribution < -0.4 is 10.1 Å². The van der Waals surface area contributed by atoms with Crippen LogP contribution in [0, 0.1) is 5.82 Å². The average Bonchev–Trinajstić information content (AvgIpc) is 2.66. The molecule has 0 aliphatic carbocycles. The van der Waals surface area contributed by atoms with Crippen LogP contribution >= 0.6 is 15.9 Å². The quantitative estimate of drug-likeness (QED) is 0.240. The van der Waals surface area contributed by atoms with Crippen molar-refractivity contribution in [2.45, 2.75) is 0 Å². The predicted octanol–water partition coefficient (Wildman–Crippen LogP) is 3.99. The maximum Gasteiger partial charge on any atom is 0.341 e. The Bertz CT molecular complexity index is 834. The van der Waals surface area contributed by atoms with Crippen molar-refractivity contribution < 1.29 is 23.5 Å². The summed E-state index contributed by atoms with van der Waals surface area (Å²) in [6, 6.07) is 10.3. The molecule has 0 atom stereocenters. The van der Waals surface area contributed by atoms with Gasteiger partial charge >= 0.3 is 5.97 Å². The summed E-state index contributed by atoms with van der Waals surface area (Å²) in [6.07, 6.45) is 1.43. The number of carbonyl (C=O) groups is 2. The number of rotatable bonds is 7. The monoisotopic (exact) mass is 421 g/mol. The average molecular weight is 422 g/mol. The van der Waals surface area contributed by atoms with Crippen molar-refractivity contribution in [1.82, 2.24) is 0 Å². The first-order valence-electron chi connectivity index (χ1n) is 7.62. The molecule has 2 rings (SSSR count). The summed E-state index contributed by atoms with van der Waals surface area (Å²) in [6.45, 7) is 0.198. The Morgan fingerprint density at radius 1 is 1.15 bits per heavy atom. The van der Waals surface area contributed by atoms with Crippen LogP contribution in [0.3, 0.4) is 0 Å². The number of halogens is 2. The summed E-state index contributed by atoms with van der Waals surface area (Å²) in [5.41, 5.74) is 0.801. The molecular formula is C19H17BrFNO4. The first-order chi connectivity index (χ1) is 12.5. The van der Waals surface area contributed by atoms with Gasteiger partial charge in [-0.3, -0.25) is 4.79 Å². The lowest BCUT2D eigenvalue weighted by Crippen LogP contribution is -2.16. The fraction of sp³-hybridized carbons (Fsp3) is 0.158. The number of hydrogen-bond acceptors (Lipinski definition) is 5. The summed E-state index contributed by atoms with van der Waals surface area (Å²) in [5, 5.41) is 3.09. The van der Waals surface area contributed by atoms with Gasteiger partial charge in [0.25, 0.3) is 0 Å². The van der Waals surface area contributed by atoms with E-state index in [2.05, 4.69) is 26.0 Å². The summed E-state index contributed by atoms with van der Waals surface area (Å²) >= 11 is 3.41. The van der Waals surface area contributed by atoms with Gasteiger partial charge in [-0.25, -0.2) is 9.18 Å². The maximum absolute atomic E-state index is 13.0. The third-order valence-electron chi connectivity index (χ3n) is 3.53. The zero-order valence-electron chi connectivity index (χ0n) is 14.2. The van der Waals surface area contributed by atoms with Gasteiger partial charge in [0.05, 0.1) is 19.9 Å². The van der Waals surface area contributed by atoms with E-state index in [4.69, 9.17) is 4.74 Å². The van der Waals surface area contributed by atoms with E-state index in [0.29, 0.717) is 5.75 Å². The number of methoxy groups -OCH3 is 2. The highest BCUT2D eigenvalue weighted by molar-refractivity contribution is 9.10. The van der Waals surface area contributed by atoms with Crippen molar-refractivity contribution in [2.24, 2.45) is 0 Å². The van der Waals surface area contributed by atoms with Crippen LogP contribution in [0.5, 0.6) is 5.75 Å². The lowest BCUT2D eigenvalue weighted by molar-refractivity contribution is -0.135. The van der Waals surface area contributed by atoms with Gasteiger partial charge in [0.1, 0.15) is 17.1 Å². The maximum atomic E-state index is 13.0. The molecule has 0 radical (unpaired) electrons. The topological polar surface area (TPSA) is 64.6 Å². The zero-order chi connectivity index (χ0) is 19.1. The lowest BCUT2D eigenvalue weighted by Gasteiger charge is -2.10. The highest BCUT2D eigenvalue weighted by Crippen LogP contribution is 2.27. The van der Waals surface area contributed by atoms with E-state index in [0.717, 1.165) is 22.3 Å². The van der Waals surface area contributed by atoms with Gasteiger partial charge in [-0.1, -0.05) is 0 Å². The molecule has 0 saturated heterocycles. The third kappa shape index (κ3) is 4.92. The number of anilines is 1. The Morgan fingerprint density at radius 3 is 2.46 bits per heavy atom. The number of nitrogens with one attached hydrogen (secondary N) is 1. The summed E-state index contributed by atoms with van der Waals surface area (Å²) in [5.74, 6) is -1.10. The number of Topliss-reactive ketones (excluding diaryl/α,β-unsaturated/α-hetero) is 1. The van der Waals surface area contributed by atoms with Crippen molar-refractivity contribution in [1.29, 1.82) is 0 Å². The van der Waals surface area contributed by atoms with Gasteiger partial charge in [-0.2, -0.15) is 0 Å². The normalized spacial score (nSPS) is 11.0. The fourth-order valence-electron chi connectivity index (χ4n) is 2.17.